The first-order chi connectivity index (χ1) is 12.1. The third kappa shape index (κ3) is 4.16. The van der Waals surface area contributed by atoms with Gasteiger partial charge in [0.2, 0.25) is 0 Å². The number of aryl methyl sites for hydroxylation is 1. The molecule has 0 aromatic heterocycles. The van der Waals surface area contributed by atoms with Crippen molar-refractivity contribution in [2.24, 2.45) is 0 Å². The SMILES string of the molecule is COC(=O)C1=C(C[NH+]2CCSCC2)NC(=O)N[C@H]1c1ccc(C)cc1. The number of hydrogen-bond donors (Lipinski definition) is 3. The molecule has 1 saturated heterocycles. The van der Waals surface area contributed by atoms with E-state index in [9.17, 15) is 9.59 Å². The summed E-state index contributed by atoms with van der Waals surface area (Å²) >= 11 is 1.94. The summed E-state index contributed by atoms with van der Waals surface area (Å²) in [6.07, 6.45) is 0. The van der Waals surface area contributed by atoms with E-state index in [0.29, 0.717) is 17.8 Å². The highest BCUT2D eigenvalue weighted by Crippen LogP contribution is 2.27. The van der Waals surface area contributed by atoms with Gasteiger partial charge in [-0.1, -0.05) is 29.8 Å². The molecule has 1 atom stereocenters. The van der Waals surface area contributed by atoms with Crippen molar-refractivity contribution < 1.29 is 19.2 Å². The number of methoxy groups -OCH3 is 1. The van der Waals surface area contributed by atoms with Gasteiger partial charge < -0.3 is 20.3 Å². The van der Waals surface area contributed by atoms with Crippen LogP contribution >= 0.6 is 11.8 Å². The lowest BCUT2D eigenvalue weighted by molar-refractivity contribution is -0.891. The zero-order chi connectivity index (χ0) is 17.8. The normalized spacial score (nSPS) is 21.5. The van der Waals surface area contributed by atoms with Gasteiger partial charge in [0.15, 0.2) is 0 Å². The first-order valence-electron chi connectivity index (χ1n) is 8.45. The average Bonchev–Trinajstić information content (AvgIpc) is 2.62. The zero-order valence-corrected chi connectivity index (χ0v) is 15.4. The van der Waals surface area contributed by atoms with Gasteiger partial charge in [0.05, 0.1) is 37.5 Å². The number of thioether (sulfide) groups is 1. The number of hydrogen-bond acceptors (Lipinski definition) is 4. The van der Waals surface area contributed by atoms with Crippen molar-refractivity contribution in [3.8, 4) is 0 Å². The Kier molecular flexibility index (Phi) is 5.65. The van der Waals surface area contributed by atoms with E-state index in [1.807, 2.05) is 43.0 Å². The van der Waals surface area contributed by atoms with Gasteiger partial charge in [0.25, 0.3) is 0 Å². The van der Waals surface area contributed by atoms with Gasteiger partial charge in [0.1, 0.15) is 6.54 Å². The number of nitrogens with one attached hydrogen (secondary N) is 3. The Morgan fingerprint density at radius 3 is 2.60 bits per heavy atom. The van der Waals surface area contributed by atoms with Crippen LogP contribution in [-0.2, 0) is 9.53 Å². The molecule has 1 aromatic carbocycles. The summed E-state index contributed by atoms with van der Waals surface area (Å²) in [5.74, 6) is 1.80. The molecule has 0 saturated carbocycles. The number of ether oxygens (including phenoxy) is 1. The molecule has 6 nitrogen and oxygen atoms in total. The summed E-state index contributed by atoms with van der Waals surface area (Å²) < 4.78 is 5.02. The zero-order valence-electron chi connectivity index (χ0n) is 14.6. The maximum absolute atomic E-state index is 12.5. The van der Waals surface area contributed by atoms with Crippen LogP contribution in [0, 0.1) is 6.92 Å². The van der Waals surface area contributed by atoms with Gasteiger partial charge in [-0.15, -0.1) is 0 Å². The Bertz CT molecular complexity index is 681. The van der Waals surface area contributed by atoms with Crippen LogP contribution in [0.5, 0.6) is 0 Å². The van der Waals surface area contributed by atoms with E-state index in [0.717, 1.165) is 35.7 Å². The Morgan fingerprint density at radius 2 is 1.96 bits per heavy atom. The predicted molar refractivity (Wildman–Crippen MR) is 97.5 cm³/mol. The molecule has 2 aliphatic rings. The number of carbonyl (C=O) groups is 2. The first-order valence-corrected chi connectivity index (χ1v) is 9.60. The second-order valence-corrected chi connectivity index (χ2v) is 7.59. The Morgan fingerprint density at radius 1 is 1.28 bits per heavy atom. The van der Waals surface area contributed by atoms with Crippen molar-refractivity contribution in [1.82, 2.24) is 10.6 Å². The molecule has 0 bridgehead atoms. The fraction of sp³-hybridized carbons (Fsp3) is 0.444. The van der Waals surface area contributed by atoms with E-state index in [-0.39, 0.29) is 6.03 Å². The molecular weight excluding hydrogens is 338 g/mol. The first kappa shape index (κ1) is 17.8. The highest BCUT2D eigenvalue weighted by Gasteiger charge is 2.35. The monoisotopic (exact) mass is 362 g/mol. The molecule has 1 aromatic rings. The molecule has 2 aliphatic heterocycles. The molecule has 25 heavy (non-hydrogen) atoms. The molecule has 0 unspecified atom stereocenters. The van der Waals surface area contributed by atoms with E-state index in [2.05, 4.69) is 10.6 Å². The van der Waals surface area contributed by atoms with Crippen LogP contribution in [0.25, 0.3) is 0 Å². The largest absolute Gasteiger partial charge is 0.466 e. The summed E-state index contributed by atoms with van der Waals surface area (Å²) in [6.45, 7) is 4.69. The van der Waals surface area contributed by atoms with Crippen LogP contribution in [0.2, 0.25) is 0 Å². The molecule has 134 valence electrons. The number of quaternary nitrogens is 1. The number of amides is 2. The summed E-state index contributed by atoms with van der Waals surface area (Å²) in [5, 5.41) is 5.70. The fourth-order valence-electron chi connectivity index (χ4n) is 3.20. The Hall–Kier alpha value is -1.99. The van der Waals surface area contributed by atoms with E-state index in [1.165, 1.54) is 12.0 Å². The summed E-state index contributed by atoms with van der Waals surface area (Å²) in [6, 6.07) is 7.07. The summed E-state index contributed by atoms with van der Waals surface area (Å²) in [5.41, 5.74) is 3.17. The van der Waals surface area contributed by atoms with Crippen LogP contribution in [0.15, 0.2) is 35.5 Å². The molecule has 2 amide bonds. The molecule has 3 rings (SSSR count). The fourth-order valence-corrected chi connectivity index (χ4v) is 4.27. The lowest BCUT2D eigenvalue weighted by atomic mass is 9.94. The highest BCUT2D eigenvalue weighted by molar-refractivity contribution is 7.99. The molecule has 3 N–H and O–H groups in total. The van der Waals surface area contributed by atoms with Gasteiger partial charge in [-0.3, -0.25) is 0 Å². The van der Waals surface area contributed by atoms with Crippen LogP contribution < -0.4 is 15.5 Å². The molecule has 0 spiro atoms. The molecule has 7 heteroatoms. The van der Waals surface area contributed by atoms with Crippen molar-refractivity contribution in [3.63, 3.8) is 0 Å². The molecule has 0 aliphatic carbocycles. The second kappa shape index (κ2) is 7.93. The van der Waals surface area contributed by atoms with Gasteiger partial charge in [-0.05, 0) is 12.5 Å². The van der Waals surface area contributed by atoms with Gasteiger partial charge in [0, 0.05) is 11.5 Å². The number of rotatable bonds is 4. The molecular formula is C18H24N3O3S+. The maximum Gasteiger partial charge on any atom is 0.338 e. The average molecular weight is 362 g/mol. The minimum Gasteiger partial charge on any atom is -0.466 e. The van der Waals surface area contributed by atoms with Crippen LogP contribution in [0.4, 0.5) is 4.79 Å². The van der Waals surface area contributed by atoms with E-state index < -0.39 is 12.0 Å². The van der Waals surface area contributed by atoms with Gasteiger partial charge in [-0.2, -0.15) is 11.8 Å². The lowest BCUT2D eigenvalue weighted by Gasteiger charge is -2.31. The Labute approximate surface area is 152 Å². The third-order valence-corrected chi connectivity index (χ3v) is 5.58. The highest BCUT2D eigenvalue weighted by atomic mass is 32.2. The van der Waals surface area contributed by atoms with Crippen molar-refractivity contribution >= 4 is 23.8 Å². The predicted octanol–water partition coefficient (Wildman–Crippen LogP) is 0.408. The van der Waals surface area contributed by atoms with Gasteiger partial charge in [-0.25, -0.2) is 9.59 Å². The topological polar surface area (TPSA) is 71.9 Å². The number of carbonyl (C=O) groups excluding carboxylic acids is 2. The van der Waals surface area contributed by atoms with E-state index >= 15 is 0 Å². The number of esters is 1. The lowest BCUT2D eigenvalue weighted by Crippen LogP contribution is -3.14. The van der Waals surface area contributed by atoms with Gasteiger partial charge >= 0.3 is 12.0 Å². The summed E-state index contributed by atoms with van der Waals surface area (Å²) in [4.78, 5) is 26.1. The van der Waals surface area contributed by atoms with Crippen molar-refractivity contribution in [2.75, 3.05) is 38.2 Å². The number of benzene rings is 1. The van der Waals surface area contributed by atoms with Crippen molar-refractivity contribution in [3.05, 3.63) is 46.7 Å². The maximum atomic E-state index is 12.5. The van der Waals surface area contributed by atoms with Crippen molar-refractivity contribution in [2.45, 2.75) is 13.0 Å². The third-order valence-electron chi connectivity index (χ3n) is 4.60. The number of urea groups is 1. The van der Waals surface area contributed by atoms with Crippen LogP contribution in [0.1, 0.15) is 17.2 Å². The molecule has 0 radical (unpaired) electrons. The summed E-state index contributed by atoms with van der Waals surface area (Å²) in [7, 11) is 1.37. The quantitative estimate of drug-likeness (QED) is 0.679. The Balaban J connectivity index is 1.96. The van der Waals surface area contributed by atoms with Crippen LogP contribution in [-0.4, -0.2) is 50.3 Å². The standard InChI is InChI=1S/C18H23N3O3S/c1-12-3-5-13(6-4-12)16-15(17(22)24-2)14(19-18(23)20-16)11-21-7-9-25-10-8-21/h3-6,16H,7-11H2,1-2H3,(H2,19,20,23)/p+1/t16-/m0/s1. The molecule has 1 fully saturated rings. The van der Waals surface area contributed by atoms with Crippen LogP contribution in [0.3, 0.4) is 0 Å². The minimum atomic E-state index is -0.490. The smallest absolute Gasteiger partial charge is 0.338 e. The van der Waals surface area contributed by atoms with Crippen molar-refractivity contribution in [1.29, 1.82) is 0 Å². The minimum absolute atomic E-state index is 0.279. The van der Waals surface area contributed by atoms with E-state index in [4.69, 9.17) is 4.74 Å². The second-order valence-electron chi connectivity index (χ2n) is 6.37. The van der Waals surface area contributed by atoms with E-state index in [1.54, 1.807) is 0 Å². The molecule has 2 heterocycles.